The molecule has 0 aromatic carbocycles. The minimum absolute atomic E-state index is 0.346. The Morgan fingerprint density at radius 3 is 2.50 bits per heavy atom. The minimum atomic E-state index is -4.42. The second-order valence-corrected chi connectivity index (χ2v) is 8.33. The number of hydrogen-bond acceptors (Lipinski definition) is 5. The molecule has 0 bridgehead atoms. The maximum absolute atomic E-state index is 12.5. The minimum Gasteiger partial charge on any atom is -0.356 e. The van der Waals surface area contributed by atoms with Gasteiger partial charge in [-0.2, -0.15) is 13.2 Å². The number of halogens is 3. The second kappa shape index (κ2) is 10.1. The third-order valence-corrected chi connectivity index (χ3v) is 5.68. The second-order valence-electron chi connectivity index (χ2n) is 5.41. The average Bonchev–Trinajstić information content (AvgIpc) is 3.01. The van der Waals surface area contributed by atoms with Crippen LogP contribution in [0.1, 0.15) is 24.0 Å². The van der Waals surface area contributed by atoms with E-state index in [1.807, 2.05) is 0 Å². The van der Waals surface area contributed by atoms with Gasteiger partial charge in [0.15, 0.2) is 11.7 Å². The van der Waals surface area contributed by atoms with E-state index in [2.05, 4.69) is 20.6 Å². The molecule has 26 heavy (non-hydrogen) atoms. The maximum Gasteiger partial charge on any atom is 0.434 e. The molecule has 0 saturated carbocycles. The molecular weight excluding hydrogens is 391 g/mol. The molecule has 0 aliphatic heterocycles. The number of aliphatic imine (C=N–C) groups is 1. The fraction of sp³-hybridized carbons (Fsp3) is 0.714. The van der Waals surface area contributed by atoms with Crippen molar-refractivity contribution in [1.82, 2.24) is 19.9 Å². The first kappa shape index (κ1) is 22.6. The van der Waals surface area contributed by atoms with Crippen LogP contribution in [0.15, 0.2) is 10.4 Å². The van der Waals surface area contributed by atoms with Gasteiger partial charge in [-0.1, -0.05) is 6.92 Å². The Morgan fingerprint density at radius 1 is 1.35 bits per heavy atom. The molecule has 0 radical (unpaired) electrons. The summed E-state index contributed by atoms with van der Waals surface area (Å²) in [4.78, 5) is 7.58. The number of nitrogens with one attached hydrogen (secondary N) is 2. The number of alkyl halides is 3. The molecule has 0 aliphatic carbocycles. The third kappa shape index (κ3) is 7.87. The van der Waals surface area contributed by atoms with Crippen molar-refractivity contribution in [3.8, 4) is 0 Å². The highest BCUT2D eigenvalue weighted by Crippen LogP contribution is 2.29. The number of hydrogen-bond donors (Lipinski definition) is 2. The zero-order valence-electron chi connectivity index (χ0n) is 14.9. The van der Waals surface area contributed by atoms with Crippen molar-refractivity contribution in [2.75, 3.05) is 39.5 Å². The van der Waals surface area contributed by atoms with Gasteiger partial charge in [0.1, 0.15) is 0 Å². The van der Waals surface area contributed by atoms with Gasteiger partial charge in [-0.05, 0) is 6.42 Å². The van der Waals surface area contributed by atoms with E-state index in [-0.39, 0.29) is 0 Å². The van der Waals surface area contributed by atoms with E-state index < -0.39 is 21.9 Å². The fourth-order valence-corrected chi connectivity index (χ4v) is 3.82. The van der Waals surface area contributed by atoms with Gasteiger partial charge in [-0.15, -0.1) is 11.3 Å². The predicted molar refractivity (Wildman–Crippen MR) is 96.9 cm³/mol. The molecule has 0 amide bonds. The molecular formula is C14H24F3N5O2S2. The topological polar surface area (TPSA) is 86.7 Å². The van der Waals surface area contributed by atoms with Crippen molar-refractivity contribution in [3.05, 3.63) is 16.1 Å². The Morgan fingerprint density at radius 2 is 2.00 bits per heavy atom. The van der Waals surface area contributed by atoms with Crippen molar-refractivity contribution in [1.29, 1.82) is 0 Å². The van der Waals surface area contributed by atoms with Gasteiger partial charge in [0.2, 0.25) is 10.0 Å². The van der Waals surface area contributed by atoms with Crippen LogP contribution < -0.4 is 10.6 Å². The molecule has 150 valence electrons. The summed E-state index contributed by atoms with van der Waals surface area (Å²) in [6, 6.07) is 0. The van der Waals surface area contributed by atoms with Crippen molar-refractivity contribution >= 4 is 27.3 Å². The highest BCUT2D eigenvalue weighted by atomic mass is 32.2. The molecule has 0 saturated heterocycles. The summed E-state index contributed by atoms with van der Waals surface area (Å²) in [7, 11) is -1.62. The molecule has 1 rings (SSSR count). The number of guanidine groups is 1. The van der Waals surface area contributed by atoms with E-state index in [1.165, 1.54) is 10.6 Å². The smallest absolute Gasteiger partial charge is 0.356 e. The van der Waals surface area contributed by atoms with Crippen molar-refractivity contribution < 1.29 is 21.6 Å². The van der Waals surface area contributed by atoms with Crippen LogP contribution in [0.3, 0.4) is 0 Å². The van der Waals surface area contributed by atoms with E-state index >= 15 is 0 Å². The molecule has 1 heterocycles. The lowest BCUT2D eigenvalue weighted by atomic mass is 10.4. The van der Waals surface area contributed by atoms with E-state index in [9.17, 15) is 21.6 Å². The summed E-state index contributed by atoms with van der Waals surface area (Å²) in [5.74, 6) is 0.500. The van der Waals surface area contributed by atoms with Crippen LogP contribution in [0.2, 0.25) is 0 Å². The molecule has 0 unspecified atom stereocenters. The Bertz CT molecular complexity index is 689. The fourth-order valence-electron chi connectivity index (χ4n) is 2.09. The van der Waals surface area contributed by atoms with Gasteiger partial charge in [0.25, 0.3) is 0 Å². The predicted octanol–water partition coefficient (Wildman–Crippen LogP) is 1.54. The normalized spacial score (nSPS) is 13.3. The van der Waals surface area contributed by atoms with Crippen molar-refractivity contribution in [2.45, 2.75) is 25.9 Å². The lowest BCUT2D eigenvalue weighted by molar-refractivity contribution is -0.140. The quantitative estimate of drug-likeness (QED) is 0.363. The number of rotatable bonds is 9. The molecule has 7 nitrogen and oxygen atoms in total. The largest absolute Gasteiger partial charge is 0.434 e. The number of sulfonamides is 1. The van der Waals surface area contributed by atoms with E-state index in [0.717, 1.165) is 16.7 Å². The molecule has 1 aromatic rings. The Balaban J connectivity index is 2.32. The van der Waals surface area contributed by atoms with Crippen molar-refractivity contribution in [3.63, 3.8) is 0 Å². The first-order valence-corrected chi connectivity index (χ1v) is 10.7. The number of aromatic nitrogens is 1. The average molecular weight is 416 g/mol. The molecule has 0 atom stereocenters. The van der Waals surface area contributed by atoms with Crippen LogP contribution in [0.25, 0.3) is 0 Å². The van der Waals surface area contributed by atoms with E-state index in [4.69, 9.17) is 0 Å². The zero-order valence-corrected chi connectivity index (χ0v) is 16.6. The maximum atomic E-state index is 12.5. The van der Waals surface area contributed by atoms with E-state index in [0.29, 0.717) is 50.0 Å². The van der Waals surface area contributed by atoms with Gasteiger partial charge in [-0.3, -0.25) is 4.99 Å². The van der Waals surface area contributed by atoms with E-state index in [1.54, 1.807) is 14.0 Å². The first-order valence-electron chi connectivity index (χ1n) is 7.99. The van der Waals surface area contributed by atoms with Gasteiger partial charge < -0.3 is 10.6 Å². The SMILES string of the molecule is CCN(CCCNC(=NC)NCCc1nc(C(F)(F)F)cs1)S(C)(=O)=O. The molecule has 0 fully saturated rings. The van der Waals surface area contributed by atoms with Crippen LogP contribution >= 0.6 is 11.3 Å². The van der Waals surface area contributed by atoms with Gasteiger partial charge >= 0.3 is 6.18 Å². The molecule has 2 N–H and O–H groups in total. The van der Waals surface area contributed by atoms with Crippen LogP contribution in [-0.4, -0.2) is 63.1 Å². The summed E-state index contributed by atoms with van der Waals surface area (Å²) in [5.41, 5.74) is -0.869. The van der Waals surface area contributed by atoms with Gasteiger partial charge in [-0.25, -0.2) is 17.7 Å². The zero-order chi connectivity index (χ0) is 19.8. The first-order chi connectivity index (χ1) is 12.1. The lowest BCUT2D eigenvalue weighted by Crippen LogP contribution is -2.40. The highest BCUT2D eigenvalue weighted by Gasteiger charge is 2.33. The molecule has 1 aromatic heterocycles. The Labute approximate surface area is 155 Å². The molecule has 12 heteroatoms. The summed E-state index contributed by atoms with van der Waals surface area (Å²) in [5, 5.41) is 7.43. The van der Waals surface area contributed by atoms with Gasteiger partial charge in [0, 0.05) is 45.0 Å². The molecule has 0 spiro atoms. The standard InChI is InChI=1S/C14H24F3N5O2S2/c1-4-22(26(3,23)24)9-5-7-19-13(18-2)20-8-6-12-21-11(10-25-12)14(15,16)17/h10H,4-9H2,1-3H3,(H2,18,19,20). The van der Waals surface area contributed by atoms with Crippen LogP contribution in [-0.2, 0) is 22.6 Å². The van der Waals surface area contributed by atoms with Crippen LogP contribution in [0.4, 0.5) is 13.2 Å². The summed E-state index contributed by atoms with van der Waals surface area (Å²) in [6.07, 6.45) is -2.30. The van der Waals surface area contributed by atoms with Crippen LogP contribution in [0, 0.1) is 0 Å². The highest BCUT2D eigenvalue weighted by molar-refractivity contribution is 7.88. The summed E-state index contributed by atoms with van der Waals surface area (Å²) >= 11 is 0.971. The summed E-state index contributed by atoms with van der Waals surface area (Å²) < 4.78 is 61.8. The van der Waals surface area contributed by atoms with Gasteiger partial charge in [0.05, 0.1) is 11.3 Å². The summed E-state index contributed by atoms with van der Waals surface area (Å²) in [6.45, 7) is 3.49. The lowest BCUT2D eigenvalue weighted by Gasteiger charge is -2.18. The number of thiazole rings is 1. The van der Waals surface area contributed by atoms with Crippen molar-refractivity contribution in [2.24, 2.45) is 4.99 Å². The third-order valence-electron chi connectivity index (χ3n) is 3.40. The van der Waals surface area contributed by atoms with Crippen LogP contribution in [0.5, 0.6) is 0 Å². The monoisotopic (exact) mass is 415 g/mol. The number of nitrogens with zero attached hydrogens (tertiary/aromatic N) is 3. The Hall–Kier alpha value is -1.40. The molecule has 0 aliphatic rings. The Kier molecular flexibility index (Phi) is 8.77.